The maximum atomic E-state index is 14.7. The first-order chi connectivity index (χ1) is 17.8. The monoisotopic (exact) mass is 537 g/mol. The number of ketones is 1. The summed E-state index contributed by atoms with van der Waals surface area (Å²) in [6.45, 7) is 4.71. The van der Waals surface area contributed by atoms with Crippen LogP contribution in [0.4, 0.5) is 17.6 Å². The fourth-order valence-corrected chi connectivity index (χ4v) is 3.63. The van der Waals surface area contributed by atoms with Gasteiger partial charge in [0, 0.05) is 11.6 Å². The molecule has 0 bridgehead atoms. The zero-order chi connectivity index (χ0) is 28.4. The lowest BCUT2D eigenvalue weighted by Gasteiger charge is -2.17. The van der Waals surface area contributed by atoms with Crippen LogP contribution < -0.4 is 14.2 Å². The van der Waals surface area contributed by atoms with Crippen molar-refractivity contribution in [1.29, 1.82) is 0 Å². The Balaban J connectivity index is 2.18. The van der Waals surface area contributed by atoms with E-state index in [0.29, 0.717) is 0 Å². The standard InChI is InChI=1S/C26H23F4NO7/c1-12(2)37-14-6-7-19(27)17(8-14)23(32)22-16-10-21(36-5)20(35-4)9-15(16)18(11-31-22)13(3)24(33)38-25(34)26(28,29)30/h6-13H,1-5H3. The van der Waals surface area contributed by atoms with Crippen LogP contribution in [0.15, 0.2) is 36.5 Å². The number of benzene rings is 2. The number of rotatable bonds is 8. The Kier molecular flexibility index (Phi) is 8.23. The average molecular weight is 537 g/mol. The fourth-order valence-electron chi connectivity index (χ4n) is 3.63. The van der Waals surface area contributed by atoms with E-state index in [2.05, 4.69) is 9.72 Å². The predicted molar refractivity (Wildman–Crippen MR) is 126 cm³/mol. The summed E-state index contributed by atoms with van der Waals surface area (Å²) in [7, 11) is 2.66. The van der Waals surface area contributed by atoms with Gasteiger partial charge in [-0.25, -0.2) is 9.18 Å². The molecule has 0 radical (unpaired) electrons. The summed E-state index contributed by atoms with van der Waals surface area (Å²) in [5.74, 6) is -6.68. The Morgan fingerprint density at radius 3 is 2.08 bits per heavy atom. The molecule has 1 aromatic heterocycles. The quantitative estimate of drug-likeness (QED) is 0.168. The average Bonchev–Trinajstić information content (AvgIpc) is 2.86. The minimum atomic E-state index is -5.37. The van der Waals surface area contributed by atoms with Crippen LogP contribution in [0.2, 0.25) is 0 Å². The van der Waals surface area contributed by atoms with Gasteiger partial charge in [0.15, 0.2) is 11.5 Å². The highest BCUT2D eigenvalue weighted by Crippen LogP contribution is 2.38. The largest absolute Gasteiger partial charge is 0.493 e. The number of nitrogens with zero attached hydrogens (tertiary/aromatic N) is 1. The molecular formula is C26H23F4NO7. The van der Waals surface area contributed by atoms with Crippen molar-refractivity contribution in [3.8, 4) is 17.2 Å². The molecule has 0 fully saturated rings. The van der Waals surface area contributed by atoms with E-state index in [0.717, 1.165) is 12.3 Å². The van der Waals surface area contributed by atoms with E-state index in [-0.39, 0.29) is 50.9 Å². The molecule has 2 aromatic carbocycles. The summed E-state index contributed by atoms with van der Waals surface area (Å²) >= 11 is 0. The van der Waals surface area contributed by atoms with Gasteiger partial charge in [0.05, 0.1) is 31.8 Å². The third kappa shape index (κ3) is 5.84. The summed E-state index contributed by atoms with van der Waals surface area (Å²) < 4.78 is 72.6. The summed E-state index contributed by atoms with van der Waals surface area (Å²) in [6.07, 6.45) is -4.55. The number of halogens is 4. The molecule has 8 nitrogen and oxygen atoms in total. The highest BCUT2D eigenvalue weighted by Gasteiger charge is 2.43. The molecule has 1 unspecified atom stereocenters. The second kappa shape index (κ2) is 11.0. The van der Waals surface area contributed by atoms with Gasteiger partial charge >= 0.3 is 18.1 Å². The SMILES string of the molecule is COc1cc2c(C(C)C(=O)OC(=O)C(F)(F)F)cnc(C(=O)c3cc(OC(C)C)ccc3F)c2cc1OC. The van der Waals surface area contributed by atoms with Crippen LogP contribution in [-0.2, 0) is 14.3 Å². The van der Waals surface area contributed by atoms with Crippen LogP contribution in [0.25, 0.3) is 10.8 Å². The first kappa shape index (κ1) is 28.4. The molecule has 1 atom stereocenters. The van der Waals surface area contributed by atoms with Crippen molar-refractivity contribution in [2.24, 2.45) is 0 Å². The van der Waals surface area contributed by atoms with E-state index in [9.17, 15) is 31.9 Å². The first-order valence-electron chi connectivity index (χ1n) is 11.2. The minimum Gasteiger partial charge on any atom is -0.493 e. The second-order valence-corrected chi connectivity index (χ2v) is 8.38. The van der Waals surface area contributed by atoms with Crippen LogP contribution in [0, 0.1) is 5.82 Å². The summed E-state index contributed by atoms with van der Waals surface area (Å²) in [5.41, 5.74) is -0.560. The predicted octanol–water partition coefficient (Wildman–Crippen LogP) is 5.14. The zero-order valence-electron chi connectivity index (χ0n) is 20.9. The molecule has 12 heteroatoms. The number of alkyl halides is 3. The smallest absolute Gasteiger partial charge is 0.491 e. The third-order valence-electron chi connectivity index (χ3n) is 5.44. The van der Waals surface area contributed by atoms with E-state index in [1.165, 1.54) is 45.4 Å². The second-order valence-electron chi connectivity index (χ2n) is 8.38. The lowest BCUT2D eigenvalue weighted by atomic mass is 9.93. The number of carbonyl (C=O) groups excluding carboxylic acids is 3. The van der Waals surface area contributed by atoms with Crippen molar-refractivity contribution in [3.05, 3.63) is 59.2 Å². The minimum absolute atomic E-state index is 0.0230. The molecule has 0 aliphatic heterocycles. The van der Waals surface area contributed by atoms with E-state index >= 15 is 0 Å². The van der Waals surface area contributed by atoms with Gasteiger partial charge in [0.1, 0.15) is 17.3 Å². The van der Waals surface area contributed by atoms with Crippen molar-refractivity contribution in [2.45, 2.75) is 39.0 Å². The van der Waals surface area contributed by atoms with E-state index in [1.54, 1.807) is 13.8 Å². The van der Waals surface area contributed by atoms with Crippen molar-refractivity contribution in [2.75, 3.05) is 14.2 Å². The normalized spacial score (nSPS) is 12.3. The number of hydrogen-bond acceptors (Lipinski definition) is 8. The summed E-state index contributed by atoms with van der Waals surface area (Å²) in [4.78, 5) is 41.1. The van der Waals surface area contributed by atoms with Gasteiger partial charge in [-0.3, -0.25) is 14.6 Å². The Hall–Kier alpha value is -4.22. The third-order valence-corrected chi connectivity index (χ3v) is 5.44. The Morgan fingerprint density at radius 2 is 1.53 bits per heavy atom. The lowest BCUT2D eigenvalue weighted by molar-refractivity contribution is -0.202. The number of hydrogen-bond donors (Lipinski definition) is 0. The van der Waals surface area contributed by atoms with Crippen LogP contribution >= 0.6 is 0 Å². The van der Waals surface area contributed by atoms with Gasteiger partial charge < -0.3 is 18.9 Å². The Bertz CT molecular complexity index is 1400. The molecule has 0 saturated heterocycles. The molecular weight excluding hydrogens is 514 g/mol. The lowest BCUT2D eigenvalue weighted by Crippen LogP contribution is -2.29. The van der Waals surface area contributed by atoms with Gasteiger partial charge in [0.2, 0.25) is 5.78 Å². The molecule has 0 aliphatic rings. The number of ether oxygens (including phenoxy) is 4. The highest BCUT2D eigenvalue weighted by molar-refractivity contribution is 6.16. The van der Waals surface area contributed by atoms with Gasteiger partial charge in [-0.15, -0.1) is 0 Å². The molecule has 0 aliphatic carbocycles. The molecule has 3 rings (SSSR count). The van der Waals surface area contributed by atoms with Crippen molar-refractivity contribution in [1.82, 2.24) is 4.98 Å². The summed E-state index contributed by atoms with van der Waals surface area (Å²) in [6, 6.07) is 6.41. The highest BCUT2D eigenvalue weighted by atomic mass is 19.4. The van der Waals surface area contributed by atoms with Gasteiger partial charge in [-0.05, 0) is 62.1 Å². The van der Waals surface area contributed by atoms with E-state index < -0.39 is 35.6 Å². The molecule has 202 valence electrons. The first-order valence-corrected chi connectivity index (χ1v) is 11.2. The topological polar surface area (TPSA) is 101 Å². The molecule has 0 amide bonds. The van der Waals surface area contributed by atoms with Crippen LogP contribution in [-0.4, -0.2) is 49.2 Å². The van der Waals surface area contributed by atoms with Gasteiger partial charge in [-0.2, -0.15) is 13.2 Å². The maximum absolute atomic E-state index is 14.7. The zero-order valence-corrected chi connectivity index (χ0v) is 20.9. The van der Waals surface area contributed by atoms with Crippen LogP contribution in [0.1, 0.15) is 48.3 Å². The number of pyridine rings is 1. The van der Waals surface area contributed by atoms with Crippen LogP contribution in [0.5, 0.6) is 17.2 Å². The van der Waals surface area contributed by atoms with E-state index in [1.807, 2.05) is 0 Å². The number of fused-ring (bicyclic) bond motifs is 1. The Morgan fingerprint density at radius 1 is 0.921 bits per heavy atom. The molecule has 0 saturated carbocycles. The van der Waals surface area contributed by atoms with Gasteiger partial charge in [-0.1, -0.05) is 0 Å². The molecule has 1 heterocycles. The maximum Gasteiger partial charge on any atom is 0.491 e. The molecule has 38 heavy (non-hydrogen) atoms. The molecule has 3 aromatic rings. The van der Waals surface area contributed by atoms with Crippen molar-refractivity contribution < 1.29 is 50.9 Å². The summed E-state index contributed by atoms with van der Waals surface area (Å²) in [5, 5.41) is 0.237. The van der Waals surface area contributed by atoms with Crippen LogP contribution in [0.3, 0.4) is 0 Å². The number of carbonyl (C=O) groups is 3. The molecule has 0 N–H and O–H groups in total. The van der Waals surface area contributed by atoms with E-state index in [4.69, 9.17) is 14.2 Å². The van der Waals surface area contributed by atoms with Crippen molar-refractivity contribution >= 4 is 28.5 Å². The number of methoxy groups -OCH3 is 2. The fraction of sp³-hybridized carbons (Fsp3) is 0.308. The Labute approximate surface area is 214 Å². The number of esters is 2. The van der Waals surface area contributed by atoms with Gasteiger partial charge in [0.25, 0.3) is 0 Å². The van der Waals surface area contributed by atoms with Crippen molar-refractivity contribution in [3.63, 3.8) is 0 Å². The number of aromatic nitrogens is 1. The molecule has 0 spiro atoms.